The van der Waals surface area contributed by atoms with Crippen molar-refractivity contribution in [3.8, 4) is 0 Å². The topological polar surface area (TPSA) is 0 Å². The molecule has 0 nitrogen and oxygen atoms in total. The fraction of sp³-hybridized carbons (Fsp3) is 1.00. The Labute approximate surface area is 130 Å². The molecular formula is C20H42. The quantitative estimate of drug-likeness (QED) is 0.421. The van der Waals surface area contributed by atoms with Crippen molar-refractivity contribution in [2.75, 3.05) is 0 Å². The molecule has 122 valence electrons. The van der Waals surface area contributed by atoms with Gasteiger partial charge in [0.2, 0.25) is 0 Å². The summed E-state index contributed by atoms with van der Waals surface area (Å²) in [5.74, 6) is 0. The second-order valence-electron chi connectivity index (χ2n) is 6.72. The van der Waals surface area contributed by atoms with E-state index in [2.05, 4.69) is 0 Å². The molecule has 0 amide bonds. The third kappa shape index (κ3) is 18.0. The monoisotopic (exact) mass is 282 g/mol. The largest absolute Gasteiger partial charge is 0.0776 e. The molecule has 0 bridgehead atoms. The van der Waals surface area contributed by atoms with Gasteiger partial charge in [0.05, 0.1) is 0 Å². The van der Waals surface area contributed by atoms with Crippen LogP contribution in [0.2, 0.25) is 0 Å². The molecule has 0 aliphatic heterocycles. The second-order valence-corrected chi connectivity index (χ2v) is 6.72. The molecule has 3 saturated carbocycles. The maximum absolute atomic E-state index is 1.50. The minimum Gasteiger partial charge on any atom is -0.0776 e. The first-order valence-electron chi connectivity index (χ1n) is 9.50. The first kappa shape index (κ1) is 20.0. The highest BCUT2D eigenvalue weighted by atomic mass is 14.0. The maximum atomic E-state index is 1.50. The minimum atomic E-state index is 0. The molecule has 0 saturated heterocycles. The van der Waals surface area contributed by atoms with Gasteiger partial charge in [0.1, 0.15) is 0 Å². The third-order valence-electron chi connectivity index (χ3n) is 4.35. The van der Waals surface area contributed by atoms with Gasteiger partial charge in [-0.1, -0.05) is 129 Å². The Morgan fingerprint density at radius 1 is 0.150 bits per heavy atom. The molecule has 0 N–H and O–H groups in total. The molecule has 3 fully saturated rings. The Morgan fingerprint density at radius 2 is 0.200 bits per heavy atom. The van der Waals surface area contributed by atoms with E-state index in [1.54, 1.807) is 0 Å². The molecule has 3 rings (SSSR count). The zero-order valence-corrected chi connectivity index (χ0v) is 13.4. The van der Waals surface area contributed by atoms with E-state index in [1.165, 1.54) is 122 Å². The van der Waals surface area contributed by atoms with Crippen LogP contribution in [0.4, 0.5) is 0 Å². The lowest BCUT2D eigenvalue weighted by molar-refractivity contribution is 0.504. The van der Waals surface area contributed by atoms with Gasteiger partial charge in [0.15, 0.2) is 0 Å². The van der Waals surface area contributed by atoms with Gasteiger partial charge < -0.3 is 0 Å². The van der Waals surface area contributed by atoms with Crippen LogP contribution in [0.15, 0.2) is 0 Å². The first-order chi connectivity index (χ1) is 9.50. The highest BCUT2D eigenvalue weighted by Crippen LogP contribution is 2.16. The zero-order valence-electron chi connectivity index (χ0n) is 13.4. The van der Waals surface area contributed by atoms with Crippen LogP contribution in [0.3, 0.4) is 0 Å². The molecule has 0 spiro atoms. The van der Waals surface area contributed by atoms with Gasteiger partial charge in [-0.2, -0.15) is 0 Å². The summed E-state index contributed by atoms with van der Waals surface area (Å²) in [6.07, 6.45) is 28.5. The van der Waals surface area contributed by atoms with Crippen LogP contribution in [0.25, 0.3) is 0 Å². The SMILES string of the molecule is C.C1CC1.C1CCCCCCC1.C1CCCCCCC1. The molecule has 0 unspecified atom stereocenters. The van der Waals surface area contributed by atoms with Crippen molar-refractivity contribution in [1.82, 2.24) is 0 Å². The Hall–Kier alpha value is 0. The lowest BCUT2D eigenvalue weighted by Gasteiger charge is -2.05. The summed E-state index contributed by atoms with van der Waals surface area (Å²) in [5, 5.41) is 0. The lowest BCUT2D eigenvalue weighted by atomic mass is 10.0. The molecule has 3 aliphatic rings. The summed E-state index contributed by atoms with van der Waals surface area (Å²) < 4.78 is 0. The molecule has 0 aromatic carbocycles. The molecule has 20 heavy (non-hydrogen) atoms. The maximum Gasteiger partial charge on any atom is -0.0533 e. The Kier molecular flexibility index (Phi) is 17.1. The molecular weight excluding hydrogens is 240 g/mol. The molecule has 3 aliphatic carbocycles. The summed E-state index contributed by atoms with van der Waals surface area (Å²) in [6, 6.07) is 0. The van der Waals surface area contributed by atoms with Crippen molar-refractivity contribution in [1.29, 1.82) is 0 Å². The van der Waals surface area contributed by atoms with Gasteiger partial charge in [0.25, 0.3) is 0 Å². The second kappa shape index (κ2) is 17.1. The molecule has 0 radical (unpaired) electrons. The Bertz CT molecular complexity index is 92.7. The molecule has 0 heteroatoms. The highest BCUT2D eigenvalue weighted by molar-refractivity contribution is 4.52. The average Bonchev–Trinajstić information content (AvgIpc) is 3.14. The number of hydrogen-bond acceptors (Lipinski definition) is 0. The van der Waals surface area contributed by atoms with Crippen molar-refractivity contribution in [3.05, 3.63) is 0 Å². The highest BCUT2D eigenvalue weighted by Gasteiger charge is 1.96. The smallest absolute Gasteiger partial charge is 0.0533 e. The fourth-order valence-electron chi connectivity index (χ4n) is 2.83. The average molecular weight is 283 g/mol. The van der Waals surface area contributed by atoms with E-state index in [-0.39, 0.29) is 7.43 Å². The van der Waals surface area contributed by atoms with E-state index in [4.69, 9.17) is 0 Å². The minimum absolute atomic E-state index is 0. The van der Waals surface area contributed by atoms with Crippen LogP contribution in [0.5, 0.6) is 0 Å². The van der Waals surface area contributed by atoms with Gasteiger partial charge in [-0.05, 0) is 0 Å². The van der Waals surface area contributed by atoms with E-state index in [1.807, 2.05) is 0 Å². The van der Waals surface area contributed by atoms with Crippen molar-refractivity contribution >= 4 is 0 Å². The predicted molar refractivity (Wildman–Crippen MR) is 94.5 cm³/mol. The van der Waals surface area contributed by atoms with E-state index in [0.717, 1.165) is 0 Å². The predicted octanol–water partition coefficient (Wildman–Crippen LogP) is 8.05. The van der Waals surface area contributed by atoms with Gasteiger partial charge >= 0.3 is 0 Å². The van der Waals surface area contributed by atoms with Gasteiger partial charge in [-0.25, -0.2) is 0 Å². The number of rotatable bonds is 0. The van der Waals surface area contributed by atoms with Crippen LogP contribution in [-0.4, -0.2) is 0 Å². The zero-order chi connectivity index (χ0) is 13.4. The van der Waals surface area contributed by atoms with Crippen LogP contribution < -0.4 is 0 Å². The standard InChI is InChI=1S/2C8H16.C3H6.CH4/c2*1-2-4-6-8-7-5-3-1;1-2-3-1;/h2*1-8H2;1-3H2;1H4. The van der Waals surface area contributed by atoms with Crippen LogP contribution in [-0.2, 0) is 0 Å². The first-order valence-corrected chi connectivity index (χ1v) is 9.50. The Balaban J connectivity index is 0.000000287. The lowest BCUT2D eigenvalue weighted by Crippen LogP contribution is -1.85. The van der Waals surface area contributed by atoms with Crippen molar-refractivity contribution in [2.24, 2.45) is 0 Å². The molecule has 0 aromatic heterocycles. The molecule has 0 atom stereocenters. The molecule has 0 aromatic rings. The van der Waals surface area contributed by atoms with Gasteiger partial charge in [0, 0.05) is 0 Å². The summed E-state index contributed by atoms with van der Waals surface area (Å²) in [5.41, 5.74) is 0. The normalized spacial score (nSPS) is 22.8. The van der Waals surface area contributed by atoms with Crippen molar-refractivity contribution < 1.29 is 0 Å². The van der Waals surface area contributed by atoms with Crippen molar-refractivity contribution in [3.63, 3.8) is 0 Å². The fourth-order valence-corrected chi connectivity index (χ4v) is 2.83. The Morgan fingerprint density at radius 3 is 0.250 bits per heavy atom. The van der Waals surface area contributed by atoms with Crippen LogP contribution in [0.1, 0.15) is 129 Å². The van der Waals surface area contributed by atoms with E-state index >= 15 is 0 Å². The third-order valence-corrected chi connectivity index (χ3v) is 4.35. The van der Waals surface area contributed by atoms with Crippen molar-refractivity contribution in [2.45, 2.75) is 129 Å². The summed E-state index contributed by atoms with van der Waals surface area (Å²) in [7, 11) is 0. The van der Waals surface area contributed by atoms with Crippen LogP contribution >= 0.6 is 0 Å². The van der Waals surface area contributed by atoms with Gasteiger partial charge in [-0.15, -0.1) is 0 Å². The van der Waals surface area contributed by atoms with Gasteiger partial charge in [-0.3, -0.25) is 0 Å². The van der Waals surface area contributed by atoms with E-state index in [0.29, 0.717) is 0 Å². The summed E-state index contributed by atoms with van der Waals surface area (Å²) >= 11 is 0. The van der Waals surface area contributed by atoms with E-state index in [9.17, 15) is 0 Å². The van der Waals surface area contributed by atoms with Crippen LogP contribution in [0, 0.1) is 0 Å². The summed E-state index contributed by atoms with van der Waals surface area (Å²) in [6.45, 7) is 0. The number of hydrogen-bond donors (Lipinski definition) is 0. The van der Waals surface area contributed by atoms with E-state index < -0.39 is 0 Å². The molecule has 0 heterocycles. The summed E-state index contributed by atoms with van der Waals surface area (Å²) in [4.78, 5) is 0.